The molecule has 0 bridgehead atoms. The maximum absolute atomic E-state index is 12.9. The van der Waals surface area contributed by atoms with Crippen molar-refractivity contribution in [2.24, 2.45) is 5.14 Å². The quantitative estimate of drug-likeness (QED) is 0.815. The minimum Gasteiger partial charge on any atom is -0.308 e. The third-order valence-corrected chi connectivity index (χ3v) is 6.40. The van der Waals surface area contributed by atoms with E-state index >= 15 is 0 Å². The van der Waals surface area contributed by atoms with Crippen LogP contribution in [0.3, 0.4) is 0 Å². The number of carbonyl (C=O) groups excluding carboxylic acids is 1. The van der Waals surface area contributed by atoms with Gasteiger partial charge in [-0.1, -0.05) is 13.0 Å². The van der Waals surface area contributed by atoms with Crippen molar-refractivity contribution in [1.82, 2.24) is 4.90 Å². The monoisotopic (exact) mass is 393 g/mol. The average molecular weight is 394 g/mol. The third-order valence-electron chi connectivity index (χ3n) is 4.63. The molecular formula is C18H23N3O3S2. The van der Waals surface area contributed by atoms with Crippen molar-refractivity contribution in [3.05, 3.63) is 46.2 Å². The van der Waals surface area contributed by atoms with Crippen molar-refractivity contribution in [3.8, 4) is 0 Å². The number of primary sulfonamides is 1. The zero-order valence-corrected chi connectivity index (χ0v) is 16.5. The molecule has 0 fully saturated rings. The summed E-state index contributed by atoms with van der Waals surface area (Å²) in [6, 6.07) is 8.81. The summed E-state index contributed by atoms with van der Waals surface area (Å²) in [5, 5.41) is 7.25. The molecule has 1 amide bonds. The van der Waals surface area contributed by atoms with Crippen molar-refractivity contribution < 1.29 is 13.2 Å². The lowest BCUT2D eigenvalue weighted by atomic mass is 10.1. The Morgan fingerprint density at radius 2 is 2.15 bits per heavy atom. The SMILES string of the molecule is CCN(CC(=O)N1c2ccc(S(N)(=O)=O)cc2C[C@@H]1C)Cc1cccs1. The van der Waals surface area contributed by atoms with Crippen LogP contribution in [0.5, 0.6) is 0 Å². The Balaban J connectivity index is 1.78. The number of rotatable bonds is 6. The minimum absolute atomic E-state index is 0.00586. The minimum atomic E-state index is -3.74. The lowest BCUT2D eigenvalue weighted by molar-refractivity contribution is -0.120. The van der Waals surface area contributed by atoms with Gasteiger partial charge < -0.3 is 4.90 Å². The molecule has 0 spiro atoms. The van der Waals surface area contributed by atoms with Gasteiger partial charge in [0, 0.05) is 23.2 Å². The molecule has 1 aliphatic rings. The van der Waals surface area contributed by atoms with Crippen LogP contribution in [-0.2, 0) is 27.8 Å². The summed E-state index contributed by atoms with van der Waals surface area (Å²) in [6.45, 7) is 5.88. The summed E-state index contributed by atoms with van der Waals surface area (Å²) in [4.78, 5) is 18.1. The molecule has 0 radical (unpaired) electrons. The van der Waals surface area contributed by atoms with Gasteiger partial charge in [0.25, 0.3) is 0 Å². The summed E-state index contributed by atoms with van der Waals surface area (Å²) >= 11 is 1.68. The van der Waals surface area contributed by atoms with Crippen LogP contribution in [0.1, 0.15) is 24.3 Å². The fourth-order valence-electron chi connectivity index (χ4n) is 3.33. The summed E-state index contributed by atoms with van der Waals surface area (Å²) < 4.78 is 23.1. The smallest absolute Gasteiger partial charge is 0.241 e. The van der Waals surface area contributed by atoms with Crippen molar-refractivity contribution in [1.29, 1.82) is 0 Å². The molecule has 2 N–H and O–H groups in total. The van der Waals surface area contributed by atoms with Gasteiger partial charge in [-0.3, -0.25) is 9.69 Å². The standard InChI is InChI=1S/C18H23N3O3S2/c1-3-20(11-15-5-4-8-25-15)12-18(22)21-13(2)9-14-10-16(26(19,23)24)6-7-17(14)21/h4-8,10,13H,3,9,11-12H2,1-2H3,(H2,19,23,24)/t13-/m0/s1. The van der Waals surface area contributed by atoms with Gasteiger partial charge in [0.15, 0.2) is 0 Å². The Morgan fingerprint density at radius 3 is 2.77 bits per heavy atom. The Hall–Kier alpha value is -1.74. The molecule has 1 aromatic heterocycles. The first-order valence-corrected chi connectivity index (χ1v) is 10.9. The Morgan fingerprint density at radius 1 is 1.38 bits per heavy atom. The first kappa shape index (κ1) is 19.0. The van der Waals surface area contributed by atoms with Crippen LogP contribution < -0.4 is 10.0 Å². The molecule has 1 atom stereocenters. The van der Waals surface area contributed by atoms with Crippen molar-refractivity contribution >= 4 is 33.0 Å². The molecule has 0 aliphatic carbocycles. The number of sulfonamides is 1. The van der Waals surface area contributed by atoms with Crippen LogP contribution in [0.25, 0.3) is 0 Å². The van der Waals surface area contributed by atoms with E-state index in [4.69, 9.17) is 5.14 Å². The van der Waals surface area contributed by atoms with Crippen LogP contribution >= 0.6 is 11.3 Å². The molecule has 2 heterocycles. The van der Waals surface area contributed by atoms with E-state index in [1.54, 1.807) is 28.4 Å². The first-order valence-electron chi connectivity index (χ1n) is 8.52. The van der Waals surface area contributed by atoms with E-state index in [2.05, 4.69) is 11.0 Å². The van der Waals surface area contributed by atoms with E-state index in [-0.39, 0.29) is 16.8 Å². The number of benzene rings is 1. The van der Waals surface area contributed by atoms with Crippen LogP contribution in [0.15, 0.2) is 40.6 Å². The number of fused-ring (bicyclic) bond motifs is 1. The number of carbonyl (C=O) groups is 1. The Kier molecular flexibility index (Phi) is 5.47. The molecular weight excluding hydrogens is 370 g/mol. The van der Waals surface area contributed by atoms with Gasteiger partial charge in [0.05, 0.1) is 11.4 Å². The van der Waals surface area contributed by atoms with Crippen LogP contribution in [0.4, 0.5) is 5.69 Å². The van der Waals surface area contributed by atoms with E-state index in [1.807, 2.05) is 25.3 Å². The average Bonchev–Trinajstić information content (AvgIpc) is 3.18. The molecule has 26 heavy (non-hydrogen) atoms. The predicted octanol–water partition coefficient (Wildman–Crippen LogP) is 2.20. The number of nitrogens with two attached hydrogens (primary N) is 1. The zero-order chi connectivity index (χ0) is 18.9. The molecule has 140 valence electrons. The number of nitrogens with zero attached hydrogens (tertiary/aromatic N) is 2. The number of anilines is 1. The van der Waals surface area contributed by atoms with Crippen LogP contribution in [0, 0.1) is 0 Å². The third kappa shape index (κ3) is 3.98. The summed E-state index contributed by atoms with van der Waals surface area (Å²) in [6.07, 6.45) is 0.626. The molecule has 2 aromatic rings. The normalized spacial score (nSPS) is 16.9. The number of amides is 1. The number of likely N-dealkylation sites (N-methyl/N-ethyl adjacent to an activating group) is 1. The largest absolute Gasteiger partial charge is 0.308 e. The van der Waals surface area contributed by atoms with Crippen molar-refractivity contribution in [2.45, 2.75) is 37.8 Å². The highest BCUT2D eigenvalue weighted by atomic mass is 32.2. The second-order valence-corrected chi connectivity index (χ2v) is 9.13. The zero-order valence-electron chi connectivity index (χ0n) is 14.9. The van der Waals surface area contributed by atoms with Crippen LogP contribution in [-0.4, -0.2) is 38.4 Å². The highest BCUT2D eigenvalue weighted by Crippen LogP contribution is 2.33. The van der Waals surface area contributed by atoms with E-state index in [9.17, 15) is 13.2 Å². The first-order chi connectivity index (χ1) is 12.3. The number of thiophene rings is 1. The van der Waals surface area contributed by atoms with Gasteiger partial charge >= 0.3 is 0 Å². The van der Waals surface area contributed by atoms with Crippen LogP contribution in [0.2, 0.25) is 0 Å². The van der Waals surface area contributed by atoms with Gasteiger partial charge in [-0.05, 0) is 55.1 Å². The second kappa shape index (κ2) is 7.48. The van der Waals surface area contributed by atoms with Gasteiger partial charge in [-0.15, -0.1) is 11.3 Å². The molecule has 6 nitrogen and oxygen atoms in total. The van der Waals surface area contributed by atoms with E-state index in [0.717, 1.165) is 24.3 Å². The molecule has 8 heteroatoms. The summed E-state index contributed by atoms with van der Waals surface area (Å²) in [5.41, 5.74) is 1.63. The fourth-order valence-corrected chi connectivity index (χ4v) is 4.64. The Labute approximate surface area is 158 Å². The number of hydrogen-bond donors (Lipinski definition) is 1. The van der Waals surface area contributed by atoms with Gasteiger partial charge in [0.1, 0.15) is 0 Å². The van der Waals surface area contributed by atoms with E-state index < -0.39 is 10.0 Å². The molecule has 3 rings (SSSR count). The second-order valence-electron chi connectivity index (χ2n) is 6.54. The van der Waals surface area contributed by atoms with Crippen molar-refractivity contribution in [3.63, 3.8) is 0 Å². The fraction of sp³-hybridized carbons (Fsp3) is 0.389. The molecule has 0 saturated heterocycles. The Bertz CT molecular complexity index is 894. The maximum atomic E-state index is 12.9. The van der Waals surface area contributed by atoms with Gasteiger partial charge in [-0.2, -0.15) is 0 Å². The topological polar surface area (TPSA) is 83.7 Å². The predicted molar refractivity (Wildman–Crippen MR) is 104 cm³/mol. The van der Waals surface area contributed by atoms with Gasteiger partial charge in [0.2, 0.25) is 15.9 Å². The van der Waals surface area contributed by atoms with E-state index in [0.29, 0.717) is 13.0 Å². The highest BCUT2D eigenvalue weighted by Gasteiger charge is 2.32. The van der Waals surface area contributed by atoms with E-state index in [1.165, 1.54) is 10.9 Å². The summed E-state index contributed by atoms with van der Waals surface area (Å²) in [5.74, 6) is 0.0259. The van der Waals surface area contributed by atoms with Crippen molar-refractivity contribution in [2.75, 3.05) is 18.0 Å². The molecule has 1 aliphatic heterocycles. The molecule has 0 unspecified atom stereocenters. The lowest BCUT2D eigenvalue weighted by Gasteiger charge is -2.27. The maximum Gasteiger partial charge on any atom is 0.241 e. The van der Waals surface area contributed by atoms with Gasteiger partial charge in [-0.25, -0.2) is 13.6 Å². The molecule has 1 aromatic carbocycles. The summed E-state index contributed by atoms with van der Waals surface area (Å²) in [7, 11) is -3.74. The highest BCUT2D eigenvalue weighted by molar-refractivity contribution is 7.89. The lowest BCUT2D eigenvalue weighted by Crippen LogP contribution is -2.42. The number of hydrogen-bond acceptors (Lipinski definition) is 5. The molecule has 0 saturated carbocycles.